The van der Waals surface area contributed by atoms with Crippen LogP contribution in [0.5, 0.6) is 0 Å². The fraction of sp³-hybridized carbons (Fsp3) is 0.267. The molecule has 5 heteroatoms. The minimum atomic E-state index is -0.763. The van der Waals surface area contributed by atoms with Gasteiger partial charge in [-0.25, -0.2) is 0 Å². The van der Waals surface area contributed by atoms with E-state index in [-0.39, 0.29) is 5.37 Å². The highest BCUT2D eigenvalue weighted by Crippen LogP contribution is 2.37. The maximum Gasteiger partial charge on any atom is 0.321 e. The van der Waals surface area contributed by atoms with Gasteiger partial charge in [-0.1, -0.05) is 30.3 Å². The van der Waals surface area contributed by atoms with Crippen molar-refractivity contribution in [1.29, 1.82) is 0 Å². The molecule has 3 nitrogen and oxygen atoms in total. The summed E-state index contributed by atoms with van der Waals surface area (Å²) >= 11 is 3.43. The van der Waals surface area contributed by atoms with E-state index in [9.17, 15) is 4.79 Å². The summed E-state index contributed by atoms with van der Waals surface area (Å²) in [5.41, 5.74) is 1.30. The fourth-order valence-electron chi connectivity index (χ4n) is 2.21. The lowest BCUT2D eigenvalue weighted by molar-refractivity contribution is -0.138. The van der Waals surface area contributed by atoms with Crippen molar-refractivity contribution in [2.45, 2.75) is 17.8 Å². The Morgan fingerprint density at radius 2 is 2.05 bits per heavy atom. The molecule has 0 amide bonds. The van der Waals surface area contributed by atoms with E-state index in [1.807, 2.05) is 6.07 Å². The van der Waals surface area contributed by atoms with Crippen LogP contribution in [0, 0.1) is 0 Å². The third-order valence-electron chi connectivity index (χ3n) is 3.24. The van der Waals surface area contributed by atoms with Gasteiger partial charge >= 0.3 is 5.97 Å². The van der Waals surface area contributed by atoms with Crippen LogP contribution in [0.4, 0.5) is 0 Å². The van der Waals surface area contributed by atoms with Crippen LogP contribution in [0.3, 0.4) is 0 Å². The Labute approximate surface area is 126 Å². The van der Waals surface area contributed by atoms with Crippen molar-refractivity contribution in [3.05, 3.63) is 57.8 Å². The minimum absolute atomic E-state index is 0.116. The van der Waals surface area contributed by atoms with Crippen LogP contribution >= 0.6 is 23.1 Å². The second-order valence-corrected chi connectivity index (χ2v) is 7.08. The van der Waals surface area contributed by atoms with Gasteiger partial charge < -0.3 is 5.11 Å². The number of benzene rings is 1. The average Bonchev–Trinajstić information content (AvgIpc) is 3.08. The standard InChI is InChI=1S/C15H15NO2S2/c17-15(18)12-9-19-14(16-12)13-7-6-11(20-13)8-10-4-2-1-3-5-10/h1-7,12,14,16H,8-9H2,(H,17,18). The van der Waals surface area contributed by atoms with Crippen LogP contribution in [-0.2, 0) is 11.2 Å². The third kappa shape index (κ3) is 3.06. The minimum Gasteiger partial charge on any atom is -0.480 e. The van der Waals surface area contributed by atoms with E-state index in [2.05, 4.69) is 41.7 Å². The number of hydrogen-bond acceptors (Lipinski definition) is 4. The van der Waals surface area contributed by atoms with Gasteiger partial charge in [-0.3, -0.25) is 10.1 Å². The molecule has 0 saturated carbocycles. The zero-order valence-corrected chi connectivity index (χ0v) is 12.4. The Kier molecular flexibility index (Phi) is 4.10. The van der Waals surface area contributed by atoms with Crippen LogP contribution in [0.1, 0.15) is 20.7 Å². The second kappa shape index (κ2) is 5.99. The number of thiophene rings is 1. The van der Waals surface area contributed by atoms with Gasteiger partial charge in [0.25, 0.3) is 0 Å². The first-order chi connectivity index (χ1) is 9.72. The molecule has 2 atom stereocenters. The lowest BCUT2D eigenvalue weighted by atomic mass is 10.1. The van der Waals surface area contributed by atoms with Crippen molar-refractivity contribution in [3.8, 4) is 0 Å². The Balaban J connectivity index is 1.67. The molecular formula is C15H15NO2S2. The van der Waals surface area contributed by atoms with Gasteiger partial charge in [-0.05, 0) is 17.7 Å². The van der Waals surface area contributed by atoms with E-state index < -0.39 is 12.0 Å². The highest BCUT2D eigenvalue weighted by atomic mass is 32.2. The first kappa shape index (κ1) is 13.7. The summed E-state index contributed by atoms with van der Waals surface area (Å²) in [6.07, 6.45) is 0.936. The lowest BCUT2D eigenvalue weighted by Crippen LogP contribution is -2.33. The number of hydrogen-bond donors (Lipinski definition) is 2. The monoisotopic (exact) mass is 305 g/mol. The number of carboxylic acids is 1. The van der Waals surface area contributed by atoms with Gasteiger partial charge in [0.2, 0.25) is 0 Å². The molecule has 0 aliphatic carbocycles. The van der Waals surface area contributed by atoms with Crippen molar-refractivity contribution >= 4 is 29.1 Å². The smallest absolute Gasteiger partial charge is 0.321 e. The van der Waals surface area contributed by atoms with Crippen molar-refractivity contribution in [1.82, 2.24) is 5.32 Å². The zero-order chi connectivity index (χ0) is 13.9. The molecule has 2 heterocycles. The van der Waals surface area contributed by atoms with Crippen LogP contribution in [0.15, 0.2) is 42.5 Å². The highest BCUT2D eigenvalue weighted by Gasteiger charge is 2.30. The topological polar surface area (TPSA) is 49.3 Å². The molecule has 2 aromatic rings. The van der Waals surface area contributed by atoms with Crippen molar-refractivity contribution in [3.63, 3.8) is 0 Å². The molecular weight excluding hydrogens is 290 g/mol. The van der Waals surface area contributed by atoms with Crippen LogP contribution in [0.25, 0.3) is 0 Å². The Hall–Kier alpha value is -1.30. The van der Waals surface area contributed by atoms with Gasteiger partial charge in [-0.2, -0.15) is 0 Å². The van der Waals surface area contributed by atoms with Crippen LogP contribution in [-0.4, -0.2) is 22.9 Å². The fourth-order valence-corrected chi connectivity index (χ4v) is 4.67. The quantitative estimate of drug-likeness (QED) is 0.911. The maximum absolute atomic E-state index is 11.0. The molecule has 1 aliphatic rings. The first-order valence-corrected chi connectivity index (χ1v) is 8.32. The van der Waals surface area contributed by atoms with E-state index >= 15 is 0 Å². The molecule has 0 radical (unpaired) electrons. The van der Waals surface area contributed by atoms with E-state index in [0.717, 1.165) is 6.42 Å². The van der Waals surface area contributed by atoms with Gasteiger partial charge in [0.1, 0.15) is 6.04 Å². The molecule has 2 N–H and O–H groups in total. The van der Waals surface area contributed by atoms with E-state index in [1.165, 1.54) is 15.3 Å². The summed E-state index contributed by atoms with van der Waals surface area (Å²) in [5.74, 6) is -0.132. The first-order valence-electron chi connectivity index (χ1n) is 6.45. The Morgan fingerprint density at radius 3 is 2.75 bits per heavy atom. The number of aliphatic carboxylic acids is 1. The average molecular weight is 305 g/mol. The highest BCUT2D eigenvalue weighted by molar-refractivity contribution is 7.99. The van der Waals surface area contributed by atoms with E-state index in [4.69, 9.17) is 5.11 Å². The molecule has 1 aliphatic heterocycles. The summed E-state index contributed by atoms with van der Waals surface area (Å²) in [7, 11) is 0. The predicted octanol–water partition coefficient (Wildman–Crippen LogP) is 3.13. The number of carbonyl (C=O) groups is 1. The van der Waals surface area contributed by atoms with E-state index in [1.54, 1.807) is 23.1 Å². The Morgan fingerprint density at radius 1 is 1.25 bits per heavy atom. The number of nitrogens with one attached hydrogen (secondary N) is 1. The van der Waals surface area contributed by atoms with Crippen LogP contribution in [0.2, 0.25) is 0 Å². The molecule has 2 unspecified atom stereocenters. The predicted molar refractivity (Wildman–Crippen MR) is 83.3 cm³/mol. The molecule has 20 heavy (non-hydrogen) atoms. The van der Waals surface area contributed by atoms with Crippen LogP contribution < -0.4 is 5.32 Å². The molecule has 0 bridgehead atoms. The maximum atomic E-state index is 11.0. The molecule has 3 rings (SSSR count). The van der Waals surface area contributed by atoms with Crippen molar-refractivity contribution < 1.29 is 9.90 Å². The molecule has 1 fully saturated rings. The SMILES string of the molecule is O=C(O)C1CSC(c2ccc(Cc3ccccc3)s2)N1. The summed E-state index contributed by atoms with van der Waals surface area (Å²) < 4.78 is 0. The summed E-state index contributed by atoms with van der Waals surface area (Å²) in [4.78, 5) is 13.5. The summed E-state index contributed by atoms with van der Waals surface area (Å²) in [5, 5.41) is 12.3. The molecule has 1 saturated heterocycles. The summed E-state index contributed by atoms with van der Waals surface area (Å²) in [6, 6.07) is 14.2. The summed E-state index contributed by atoms with van der Waals surface area (Å²) in [6.45, 7) is 0. The van der Waals surface area contributed by atoms with Gasteiger partial charge in [0.05, 0.1) is 5.37 Å². The van der Waals surface area contributed by atoms with Crippen molar-refractivity contribution in [2.24, 2.45) is 0 Å². The number of rotatable bonds is 4. The Bertz CT molecular complexity index is 597. The molecule has 1 aromatic heterocycles. The van der Waals surface area contributed by atoms with Gasteiger partial charge in [-0.15, -0.1) is 23.1 Å². The largest absolute Gasteiger partial charge is 0.480 e. The zero-order valence-electron chi connectivity index (χ0n) is 10.8. The normalized spacial score (nSPS) is 22.0. The van der Waals surface area contributed by atoms with Gasteiger partial charge in [0.15, 0.2) is 0 Å². The van der Waals surface area contributed by atoms with Crippen molar-refractivity contribution in [2.75, 3.05) is 5.75 Å². The van der Waals surface area contributed by atoms with Gasteiger partial charge in [0, 0.05) is 21.9 Å². The van der Waals surface area contributed by atoms with E-state index in [0.29, 0.717) is 5.75 Å². The number of carboxylic acid groups (broad SMARTS) is 1. The second-order valence-electron chi connectivity index (χ2n) is 4.74. The number of thioether (sulfide) groups is 1. The third-order valence-corrected chi connectivity index (χ3v) is 5.79. The molecule has 104 valence electrons. The lowest BCUT2D eigenvalue weighted by Gasteiger charge is -2.08. The molecule has 1 aromatic carbocycles. The molecule has 0 spiro atoms.